The highest BCUT2D eigenvalue weighted by Gasteiger charge is 2.16. The SMILES string of the molecule is CCNC(=NCC(=O)OC(C)(C)C)NCC(O)c1cc2ccccc2s1.I. The summed E-state index contributed by atoms with van der Waals surface area (Å²) in [4.78, 5) is 16.9. The van der Waals surface area contributed by atoms with Crippen molar-refractivity contribution in [1.29, 1.82) is 0 Å². The number of nitrogens with one attached hydrogen (secondary N) is 2. The Balaban J connectivity index is 0.00000364. The number of aliphatic imine (C=N–C) groups is 1. The van der Waals surface area contributed by atoms with Crippen molar-refractivity contribution in [1.82, 2.24) is 10.6 Å². The Bertz CT molecular complexity index is 738. The van der Waals surface area contributed by atoms with E-state index in [4.69, 9.17) is 4.74 Å². The van der Waals surface area contributed by atoms with E-state index < -0.39 is 11.7 Å². The van der Waals surface area contributed by atoms with Gasteiger partial charge in [0, 0.05) is 22.7 Å². The quantitative estimate of drug-likeness (QED) is 0.243. The Morgan fingerprint density at radius 3 is 2.63 bits per heavy atom. The molecule has 1 heterocycles. The van der Waals surface area contributed by atoms with Crippen molar-refractivity contribution in [2.45, 2.75) is 39.4 Å². The van der Waals surface area contributed by atoms with Gasteiger partial charge in [-0.1, -0.05) is 18.2 Å². The van der Waals surface area contributed by atoms with E-state index in [0.29, 0.717) is 19.0 Å². The van der Waals surface area contributed by atoms with Gasteiger partial charge >= 0.3 is 5.97 Å². The maximum absolute atomic E-state index is 11.8. The molecule has 8 heteroatoms. The van der Waals surface area contributed by atoms with Gasteiger partial charge in [0.25, 0.3) is 0 Å². The molecule has 1 aromatic carbocycles. The molecular formula is C19H28IN3O3S. The van der Waals surface area contributed by atoms with Crippen LogP contribution in [-0.4, -0.2) is 42.3 Å². The summed E-state index contributed by atoms with van der Waals surface area (Å²) >= 11 is 1.57. The van der Waals surface area contributed by atoms with Crippen molar-refractivity contribution >= 4 is 57.3 Å². The number of nitrogens with zero attached hydrogens (tertiary/aromatic N) is 1. The number of esters is 1. The third kappa shape index (κ3) is 8.02. The van der Waals surface area contributed by atoms with E-state index in [1.807, 2.05) is 58.0 Å². The first kappa shape index (κ1) is 23.6. The maximum atomic E-state index is 11.8. The smallest absolute Gasteiger partial charge is 0.328 e. The lowest BCUT2D eigenvalue weighted by molar-refractivity contribution is -0.152. The molecule has 0 saturated heterocycles. The number of carbonyl (C=O) groups excluding carboxylic acids is 1. The highest BCUT2D eigenvalue weighted by atomic mass is 127. The van der Waals surface area contributed by atoms with Crippen molar-refractivity contribution in [3.8, 4) is 0 Å². The minimum absolute atomic E-state index is 0. The minimum Gasteiger partial charge on any atom is -0.459 e. The van der Waals surface area contributed by atoms with Gasteiger partial charge in [-0.2, -0.15) is 0 Å². The number of hydrogen-bond donors (Lipinski definition) is 3. The van der Waals surface area contributed by atoms with Gasteiger partial charge < -0.3 is 20.5 Å². The molecule has 0 saturated carbocycles. The van der Waals surface area contributed by atoms with Gasteiger partial charge in [-0.15, -0.1) is 35.3 Å². The van der Waals surface area contributed by atoms with Crippen molar-refractivity contribution in [2.24, 2.45) is 4.99 Å². The van der Waals surface area contributed by atoms with Crippen LogP contribution in [0.25, 0.3) is 10.1 Å². The van der Waals surface area contributed by atoms with Crippen LogP contribution in [0.4, 0.5) is 0 Å². The lowest BCUT2D eigenvalue weighted by atomic mass is 10.2. The van der Waals surface area contributed by atoms with Gasteiger partial charge in [0.2, 0.25) is 0 Å². The number of fused-ring (bicyclic) bond motifs is 1. The lowest BCUT2D eigenvalue weighted by Gasteiger charge is -2.19. The van der Waals surface area contributed by atoms with Crippen LogP contribution in [0.3, 0.4) is 0 Å². The zero-order valence-corrected chi connectivity index (χ0v) is 19.3. The van der Waals surface area contributed by atoms with Gasteiger partial charge in [0.1, 0.15) is 18.2 Å². The van der Waals surface area contributed by atoms with E-state index >= 15 is 0 Å². The van der Waals surface area contributed by atoms with Crippen LogP contribution >= 0.6 is 35.3 Å². The second-order valence-corrected chi connectivity index (χ2v) is 7.98. The van der Waals surface area contributed by atoms with Crippen molar-refractivity contribution in [2.75, 3.05) is 19.6 Å². The molecule has 0 aliphatic rings. The van der Waals surface area contributed by atoms with Gasteiger partial charge in [0.15, 0.2) is 5.96 Å². The summed E-state index contributed by atoms with van der Waals surface area (Å²) in [7, 11) is 0. The Morgan fingerprint density at radius 1 is 1.30 bits per heavy atom. The predicted octanol–water partition coefficient (Wildman–Crippen LogP) is 3.45. The molecule has 0 radical (unpaired) electrons. The van der Waals surface area contributed by atoms with Crippen LogP contribution < -0.4 is 10.6 Å². The van der Waals surface area contributed by atoms with Crippen LogP contribution in [0.15, 0.2) is 35.3 Å². The Labute approximate surface area is 181 Å². The summed E-state index contributed by atoms with van der Waals surface area (Å²) in [6.45, 7) is 8.27. The fraction of sp³-hybridized carbons (Fsp3) is 0.474. The Morgan fingerprint density at radius 2 is 2.00 bits per heavy atom. The fourth-order valence-corrected chi connectivity index (χ4v) is 3.37. The first-order valence-electron chi connectivity index (χ1n) is 8.69. The number of ether oxygens (including phenoxy) is 1. The molecule has 150 valence electrons. The van der Waals surface area contributed by atoms with Gasteiger partial charge in [-0.25, -0.2) is 4.99 Å². The summed E-state index contributed by atoms with van der Waals surface area (Å²) in [5.41, 5.74) is -0.532. The van der Waals surface area contributed by atoms with Gasteiger partial charge in [-0.3, -0.25) is 4.79 Å². The Hall–Kier alpha value is -1.39. The maximum Gasteiger partial charge on any atom is 0.328 e. The Kier molecular flexibility index (Phi) is 9.48. The molecule has 0 spiro atoms. The molecule has 2 aromatic rings. The van der Waals surface area contributed by atoms with Gasteiger partial charge in [-0.05, 0) is 45.2 Å². The van der Waals surface area contributed by atoms with Crippen LogP contribution in [-0.2, 0) is 9.53 Å². The van der Waals surface area contributed by atoms with Crippen LogP contribution in [0.2, 0.25) is 0 Å². The molecule has 6 nitrogen and oxygen atoms in total. The zero-order valence-electron chi connectivity index (χ0n) is 16.1. The van der Waals surface area contributed by atoms with Crippen LogP contribution in [0, 0.1) is 0 Å². The average molecular weight is 505 g/mol. The van der Waals surface area contributed by atoms with Crippen molar-refractivity contribution in [3.05, 3.63) is 35.2 Å². The second-order valence-electron chi connectivity index (χ2n) is 6.86. The third-order valence-corrected chi connectivity index (χ3v) is 4.58. The van der Waals surface area contributed by atoms with E-state index in [9.17, 15) is 9.90 Å². The summed E-state index contributed by atoms with van der Waals surface area (Å²) < 4.78 is 6.39. The van der Waals surface area contributed by atoms with Gasteiger partial charge in [0.05, 0.1) is 0 Å². The van der Waals surface area contributed by atoms with Crippen molar-refractivity contribution < 1.29 is 14.6 Å². The highest BCUT2D eigenvalue weighted by Crippen LogP contribution is 2.29. The largest absolute Gasteiger partial charge is 0.459 e. The topological polar surface area (TPSA) is 83.0 Å². The highest BCUT2D eigenvalue weighted by molar-refractivity contribution is 14.0. The molecule has 1 unspecified atom stereocenters. The number of rotatable bonds is 6. The molecule has 0 amide bonds. The number of benzene rings is 1. The molecular weight excluding hydrogens is 477 g/mol. The van der Waals surface area contributed by atoms with E-state index in [1.54, 1.807) is 11.3 Å². The standard InChI is InChI=1S/C19H27N3O3S.HI/c1-5-20-18(22-12-17(24)25-19(2,3)4)21-11-14(23)16-10-13-8-6-7-9-15(13)26-16;/h6-10,14,23H,5,11-12H2,1-4H3,(H2,20,21,22);1H. The number of carbonyl (C=O) groups is 1. The first-order valence-corrected chi connectivity index (χ1v) is 9.50. The van der Waals surface area contributed by atoms with Crippen LogP contribution in [0.1, 0.15) is 38.7 Å². The number of aliphatic hydroxyl groups is 1. The molecule has 0 aliphatic carbocycles. The van der Waals surface area contributed by atoms with E-state index in [0.717, 1.165) is 15.0 Å². The molecule has 27 heavy (non-hydrogen) atoms. The number of halogens is 1. The normalized spacial score (nSPS) is 13.0. The lowest BCUT2D eigenvalue weighted by Crippen LogP contribution is -2.40. The number of guanidine groups is 1. The van der Waals surface area contributed by atoms with Crippen molar-refractivity contribution in [3.63, 3.8) is 0 Å². The fourth-order valence-electron chi connectivity index (χ4n) is 2.32. The third-order valence-electron chi connectivity index (χ3n) is 3.37. The summed E-state index contributed by atoms with van der Waals surface area (Å²) in [5.74, 6) is 0.0817. The molecule has 1 atom stereocenters. The second kappa shape index (κ2) is 10.8. The first-order chi connectivity index (χ1) is 12.3. The summed E-state index contributed by atoms with van der Waals surface area (Å²) in [5, 5.41) is 17.7. The molecule has 2 rings (SSSR count). The molecule has 0 bridgehead atoms. The number of aliphatic hydroxyl groups excluding tert-OH is 1. The molecule has 0 fully saturated rings. The molecule has 0 aliphatic heterocycles. The predicted molar refractivity (Wildman–Crippen MR) is 122 cm³/mol. The molecule has 1 aromatic heterocycles. The van der Waals surface area contributed by atoms with Crippen LogP contribution in [0.5, 0.6) is 0 Å². The monoisotopic (exact) mass is 505 g/mol. The number of hydrogen-bond acceptors (Lipinski definition) is 5. The van der Waals surface area contributed by atoms with E-state index in [2.05, 4.69) is 15.6 Å². The van der Waals surface area contributed by atoms with E-state index in [1.165, 1.54) is 0 Å². The summed E-state index contributed by atoms with van der Waals surface area (Å²) in [6.07, 6.45) is -0.655. The van der Waals surface area contributed by atoms with E-state index in [-0.39, 0.29) is 36.5 Å². The molecule has 3 N–H and O–H groups in total. The number of thiophene rings is 1. The minimum atomic E-state index is -0.655. The summed E-state index contributed by atoms with van der Waals surface area (Å²) in [6, 6.07) is 10.0. The average Bonchev–Trinajstić information content (AvgIpc) is 2.99. The zero-order chi connectivity index (χ0) is 19.2.